The molecule has 5 nitrogen and oxygen atoms in total. The smallest absolute Gasteiger partial charge is 0.254 e. The maximum atomic E-state index is 12.2. The number of hydrogen-bond acceptors (Lipinski definition) is 4. The van der Waals surface area contributed by atoms with E-state index in [1.807, 2.05) is 18.2 Å². The third-order valence-corrected chi connectivity index (χ3v) is 4.64. The van der Waals surface area contributed by atoms with Crippen molar-refractivity contribution in [3.8, 4) is 0 Å². The van der Waals surface area contributed by atoms with Crippen LogP contribution in [-0.4, -0.2) is 31.2 Å². The predicted molar refractivity (Wildman–Crippen MR) is 91.8 cm³/mol. The Balaban J connectivity index is 1.67. The quantitative estimate of drug-likeness (QED) is 0.856. The Morgan fingerprint density at radius 1 is 1.21 bits per heavy atom. The van der Waals surface area contributed by atoms with Crippen LogP contribution >= 0.6 is 0 Å². The second-order valence-electron chi connectivity index (χ2n) is 6.36. The summed E-state index contributed by atoms with van der Waals surface area (Å²) >= 11 is 0. The molecule has 3 rings (SSSR count). The third kappa shape index (κ3) is 4.04. The second-order valence-corrected chi connectivity index (χ2v) is 6.36. The molecule has 1 amide bonds. The molecule has 1 aliphatic rings. The van der Waals surface area contributed by atoms with E-state index in [2.05, 4.69) is 29.7 Å². The van der Waals surface area contributed by atoms with Gasteiger partial charge in [0.2, 0.25) is 0 Å². The van der Waals surface area contributed by atoms with Crippen molar-refractivity contribution in [2.24, 2.45) is 0 Å². The lowest BCUT2D eigenvalue weighted by atomic mass is 9.88. The Bertz CT molecular complexity index is 634. The molecule has 0 unspecified atom stereocenters. The minimum Gasteiger partial charge on any atom is -0.472 e. The maximum absolute atomic E-state index is 12.2. The molecule has 0 aliphatic carbocycles. The summed E-state index contributed by atoms with van der Waals surface area (Å²) in [6.45, 7) is 4.13. The van der Waals surface area contributed by atoms with Gasteiger partial charge in [0.05, 0.1) is 11.8 Å². The first-order chi connectivity index (χ1) is 11.7. The van der Waals surface area contributed by atoms with E-state index in [0.29, 0.717) is 25.3 Å². The number of carbonyl (C=O) groups excluding carboxylic acids is 1. The van der Waals surface area contributed by atoms with E-state index < -0.39 is 0 Å². The zero-order chi connectivity index (χ0) is 16.8. The van der Waals surface area contributed by atoms with Gasteiger partial charge >= 0.3 is 0 Å². The van der Waals surface area contributed by atoms with Gasteiger partial charge in [0.15, 0.2) is 0 Å². The van der Waals surface area contributed by atoms with Gasteiger partial charge in [-0.1, -0.05) is 30.3 Å². The Labute approximate surface area is 142 Å². The van der Waals surface area contributed by atoms with Crippen LogP contribution in [0.25, 0.3) is 0 Å². The average molecular weight is 328 g/mol. The van der Waals surface area contributed by atoms with Crippen molar-refractivity contribution in [2.75, 3.05) is 19.8 Å². The molecule has 2 N–H and O–H groups in total. The van der Waals surface area contributed by atoms with Crippen molar-refractivity contribution in [1.82, 2.24) is 10.6 Å². The van der Waals surface area contributed by atoms with Gasteiger partial charge in [-0.25, -0.2) is 0 Å². The second kappa shape index (κ2) is 7.64. The van der Waals surface area contributed by atoms with Crippen LogP contribution in [0, 0.1) is 0 Å². The van der Waals surface area contributed by atoms with Crippen molar-refractivity contribution in [3.05, 3.63) is 60.1 Å². The highest BCUT2D eigenvalue weighted by atomic mass is 16.5. The van der Waals surface area contributed by atoms with Crippen LogP contribution in [0.3, 0.4) is 0 Å². The molecule has 0 radical (unpaired) electrons. The number of amides is 1. The number of hydrogen-bond donors (Lipinski definition) is 2. The number of rotatable bonds is 6. The molecule has 5 heteroatoms. The van der Waals surface area contributed by atoms with Crippen LogP contribution in [0.1, 0.15) is 41.7 Å². The molecule has 24 heavy (non-hydrogen) atoms. The van der Waals surface area contributed by atoms with Crippen molar-refractivity contribution < 1.29 is 13.9 Å². The highest BCUT2D eigenvalue weighted by molar-refractivity contribution is 5.93. The molecule has 1 aromatic carbocycles. The van der Waals surface area contributed by atoms with Crippen molar-refractivity contribution in [3.63, 3.8) is 0 Å². The predicted octanol–water partition coefficient (Wildman–Crippen LogP) is 2.91. The van der Waals surface area contributed by atoms with Crippen LogP contribution < -0.4 is 10.6 Å². The van der Waals surface area contributed by atoms with E-state index in [9.17, 15) is 4.79 Å². The normalized spacial score (nSPS) is 18.0. The fraction of sp³-hybridized carbons (Fsp3) is 0.421. The minimum absolute atomic E-state index is 0.108. The lowest BCUT2D eigenvalue weighted by Crippen LogP contribution is -2.57. The Hall–Kier alpha value is -2.11. The first-order valence-electron chi connectivity index (χ1n) is 8.39. The molecule has 1 saturated heterocycles. The summed E-state index contributed by atoms with van der Waals surface area (Å²) in [5.41, 5.74) is 1.63. The highest BCUT2D eigenvalue weighted by Gasteiger charge is 2.34. The van der Waals surface area contributed by atoms with Crippen LogP contribution in [0.15, 0.2) is 53.3 Å². The van der Waals surface area contributed by atoms with Gasteiger partial charge in [0.25, 0.3) is 5.91 Å². The van der Waals surface area contributed by atoms with E-state index in [1.165, 1.54) is 18.1 Å². The molecular weight excluding hydrogens is 304 g/mol. The van der Waals surface area contributed by atoms with E-state index in [1.54, 1.807) is 6.07 Å². The summed E-state index contributed by atoms with van der Waals surface area (Å²) in [5.74, 6) is -0.108. The van der Waals surface area contributed by atoms with Crippen molar-refractivity contribution in [1.29, 1.82) is 0 Å². The van der Waals surface area contributed by atoms with Crippen LogP contribution in [0.2, 0.25) is 0 Å². The lowest BCUT2D eigenvalue weighted by Gasteiger charge is -2.40. The Morgan fingerprint density at radius 3 is 2.62 bits per heavy atom. The summed E-state index contributed by atoms with van der Waals surface area (Å²) in [6, 6.07) is 12.2. The molecule has 2 heterocycles. The summed E-state index contributed by atoms with van der Waals surface area (Å²) in [5, 5.41) is 6.77. The SMILES string of the molecule is C[C@@H](NC1(CNC(=O)c2ccoc2)CCOCC1)c1ccccc1. The molecule has 0 saturated carbocycles. The number of benzene rings is 1. The molecule has 0 spiro atoms. The van der Waals surface area contributed by atoms with Gasteiger partial charge in [-0.15, -0.1) is 0 Å². The average Bonchev–Trinajstić information content (AvgIpc) is 3.16. The fourth-order valence-electron chi connectivity index (χ4n) is 3.16. The topological polar surface area (TPSA) is 63.5 Å². The molecule has 128 valence electrons. The largest absolute Gasteiger partial charge is 0.472 e. The van der Waals surface area contributed by atoms with Gasteiger partial charge in [-0.05, 0) is 31.4 Å². The van der Waals surface area contributed by atoms with Crippen LogP contribution in [0.4, 0.5) is 0 Å². The van der Waals surface area contributed by atoms with Crippen molar-refractivity contribution >= 4 is 5.91 Å². The van der Waals surface area contributed by atoms with Gasteiger partial charge < -0.3 is 19.8 Å². The maximum Gasteiger partial charge on any atom is 0.254 e. The number of ether oxygens (including phenoxy) is 1. The molecule has 1 atom stereocenters. The van der Waals surface area contributed by atoms with E-state index in [4.69, 9.17) is 9.15 Å². The van der Waals surface area contributed by atoms with Gasteiger partial charge in [-0.3, -0.25) is 4.79 Å². The third-order valence-electron chi connectivity index (χ3n) is 4.64. The van der Waals surface area contributed by atoms with Gasteiger partial charge in [0, 0.05) is 31.3 Å². The zero-order valence-corrected chi connectivity index (χ0v) is 14.0. The number of furan rings is 1. The van der Waals surface area contributed by atoms with Gasteiger partial charge in [-0.2, -0.15) is 0 Å². The monoisotopic (exact) mass is 328 g/mol. The summed E-state index contributed by atoms with van der Waals surface area (Å²) in [7, 11) is 0. The lowest BCUT2D eigenvalue weighted by molar-refractivity contribution is 0.0332. The molecule has 0 bridgehead atoms. The van der Waals surface area contributed by atoms with Crippen molar-refractivity contribution in [2.45, 2.75) is 31.3 Å². The first-order valence-corrected chi connectivity index (χ1v) is 8.39. The Kier molecular flexibility index (Phi) is 5.33. The summed E-state index contributed by atoms with van der Waals surface area (Å²) < 4.78 is 10.5. The molecule has 2 aromatic rings. The summed E-state index contributed by atoms with van der Waals surface area (Å²) in [4.78, 5) is 12.2. The van der Waals surface area contributed by atoms with Crippen LogP contribution in [0.5, 0.6) is 0 Å². The molecule has 1 aliphatic heterocycles. The number of carbonyl (C=O) groups is 1. The highest BCUT2D eigenvalue weighted by Crippen LogP contribution is 2.25. The fourth-order valence-corrected chi connectivity index (χ4v) is 3.16. The molecule has 1 aromatic heterocycles. The van der Waals surface area contributed by atoms with Crippen LogP contribution in [-0.2, 0) is 4.74 Å². The number of nitrogens with one attached hydrogen (secondary N) is 2. The molecular formula is C19H24N2O3. The van der Waals surface area contributed by atoms with E-state index >= 15 is 0 Å². The first kappa shape index (κ1) is 16.7. The minimum atomic E-state index is -0.160. The zero-order valence-electron chi connectivity index (χ0n) is 14.0. The Morgan fingerprint density at radius 2 is 1.96 bits per heavy atom. The van der Waals surface area contributed by atoms with Gasteiger partial charge in [0.1, 0.15) is 6.26 Å². The molecule has 1 fully saturated rings. The van der Waals surface area contributed by atoms with E-state index in [-0.39, 0.29) is 17.5 Å². The van der Waals surface area contributed by atoms with E-state index in [0.717, 1.165) is 12.8 Å². The standard InChI is InChI=1S/C19H24N2O3/c1-15(16-5-3-2-4-6-16)21-19(8-11-23-12-9-19)14-20-18(22)17-7-10-24-13-17/h2-7,10,13,15,21H,8-9,11-12,14H2,1H3,(H,20,22)/t15-/m1/s1. The summed E-state index contributed by atoms with van der Waals surface area (Å²) in [6.07, 6.45) is 4.71.